The number of nitrogens with two attached hydrogens (primary N) is 1. The Morgan fingerprint density at radius 2 is 1.96 bits per heavy atom. The predicted octanol–water partition coefficient (Wildman–Crippen LogP) is 2.16. The fourth-order valence-corrected chi connectivity index (χ4v) is 5.14. The van der Waals surface area contributed by atoms with Crippen LogP contribution in [0.15, 0.2) is 10.2 Å². The van der Waals surface area contributed by atoms with Crippen LogP contribution >= 0.6 is 23.1 Å². The van der Waals surface area contributed by atoms with Gasteiger partial charge in [-0.1, -0.05) is 6.92 Å². The molecular weight excluding hydrogens is 382 g/mol. The molecule has 3 aromatic rings. The van der Waals surface area contributed by atoms with E-state index in [4.69, 9.17) is 20.5 Å². The van der Waals surface area contributed by atoms with Gasteiger partial charge in [-0.05, 0) is 31.2 Å². The van der Waals surface area contributed by atoms with Gasteiger partial charge in [0.2, 0.25) is 5.16 Å². The van der Waals surface area contributed by atoms with Crippen LogP contribution in [0.4, 0.5) is 0 Å². The molecule has 0 saturated carbocycles. The van der Waals surface area contributed by atoms with Gasteiger partial charge < -0.3 is 10.6 Å². The number of nitrogen functional groups attached to an aromatic ring is 1. The number of nitrogens with zero attached hydrogens (tertiary/aromatic N) is 6. The number of hydrogen-bond donors (Lipinski definition) is 1. The van der Waals surface area contributed by atoms with E-state index in [9.17, 15) is 0 Å². The zero-order valence-corrected chi connectivity index (χ0v) is 17.4. The third kappa shape index (κ3) is 3.66. The average Bonchev–Trinajstić information content (AvgIpc) is 3.15. The maximum absolute atomic E-state index is 6.14. The maximum atomic E-state index is 6.14. The first kappa shape index (κ1) is 18.6. The van der Waals surface area contributed by atoms with E-state index < -0.39 is 0 Å². The standard InChI is InChI=1S/C17H23N7OS2/c1-4-13-21-22-17(24(13)18)27-16-14-10(2)11(3)26-15(14)19-12(20-16)9-23-5-7-25-8-6-23/h4-9,18H2,1-3H3. The first-order valence-corrected chi connectivity index (χ1v) is 10.6. The monoisotopic (exact) mass is 405 g/mol. The van der Waals surface area contributed by atoms with Gasteiger partial charge in [0.05, 0.1) is 19.8 Å². The van der Waals surface area contributed by atoms with Gasteiger partial charge in [0, 0.05) is 29.8 Å². The largest absolute Gasteiger partial charge is 0.379 e. The van der Waals surface area contributed by atoms with Gasteiger partial charge in [0.1, 0.15) is 15.7 Å². The molecule has 0 radical (unpaired) electrons. The van der Waals surface area contributed by atoms with Crippen molar-refractivity contribution in [1.82, 2.24) is 29.7 Å². The second kappa shape index (κ2) is 7.70. The highest BCUT2D eigenvalue weighted by Crippen LogP contribution is 2.37. The summed E-state index contributed by atoms with van der Waals surface area (Å²) in [6.45, 7) is 10.3. The van der Waals surface area contributed by atoms with Crippen LogP contribution in [0.5, 0.6) is 0 Å². The lowest BCUT2D eigenvalue weighted by atomic mass is 10.2. The van der Waals surface area contributed by atoms with E-state index in [0.29, 0.717) is 5.16 Å². The Labute approximate surface area is 166 Å². The Kier molecular flexibility index (Phi) is 5.31. The molecule has 1 saturated heterocycles. The SMILES string of the molecule is CCc1nnc(Sc2nc(CN3CCOCC3)nc3sc(C)c(C)c23)n1N. The summed E-state index contributed by atoms with van der Waals surface area (Å²) in [5.41, 5.74) is 1.22. The molecule has 0 amide bonds. The van der Waals surface area contributed by atoms with E-state index in [1.165, 1.54) is 22.2 Å². The molecule has 0 aliphatic carbocycles. The van der Waals surface area contributed by atoms with Gasteiger partial charge >= 0.3 is 0 Å². The van der Waals surface area contributed by atoms with Gasteiger partial charge in [-0.15, -0.1) is 21.5 Å². The minimum Gasteiger partial charge on any atom is -0.379 e. The van der Waals surface area contributed by atoms with E-state index in [1.54, 1.807) is 16.0 Å². The van der Waals surface area contributed by atoms with Crippen molar-refractivity contribution in [3.63, 3.8) is 0 Å². The van der Waals surface area contributed by atoms with Crippen LogP contribution in [0.25, 0.3) is 10.2 Å². The normalized spacial score (nSPS) is 15.7. The van der Waals surface area contributed by atoms with Crippen molar-refractivity contribution in [3.8, 4) is 0 Å². The van der Waals surface area contributed by atoms with E-state index in [2.05, 4.69) is 28.9 Å². The first-order valence-electron chi connectivity index (χ1n) is 9.00. The first-order chi connectivity index (χ1) is 13.1. The second-order valence-corrected chi connectivity index (χ2v) is 8.68. The van der Waals surface area contributed by atoms with Crippen molar-refractivity contribution in [1.29, 1.82) is 0 Å². The number of ether oxygens (including phenoxy) is 1. The summed E-state index contributed by atoms with van der Waals surface area (Å²) in [7, 11) is 0. The van der Waals surface area contributed by atoms with Gasteiger partial charge in [-0.3, -0.25) is 4.90 Å². The van der Waals surface area contributed by atoms with Crippen molar-refractivity contribution < 1.29 is 4.74 Å². The lowest BCUT2D eigenvalue weighted by Crippen LogP contribution is -2.36. The molecule has 4 heterocycles. The number of morpholine rings is 1. The smallest absolute Gasteiger partial charge is 0.216 e. The number of aromatic nitrogens is 5. The molecule has 3 aromatic heterocycles. The number of rotatable bonds is 5. The summed E-state index contributed by atoms with van der Waals surface area (Å²) >= 11 is 3.17. The van der Waals surface area contributed by atoms with Gasteiger partial charge in [-0.25, -0.2) is 14.6 Å². The minimum absolute atomic E-state index is 0.646. The van der Waals surface area contributed by atoms with Crippen LogP contribution < -0.4 is 5.84 Å². The Balaban J connectivity index is 1.72. The fraction of sp³-hybridized carbons (Fsp3) is 0.529. The zero-order chi connectivity index (χ0) is 19.0. The predicted molar refractivity (Wildman–Crippen MR) is 107 cm³/mol. The number of thiophene rings is 1. The van der Waals surface area contributed by atoms with Gasteiger partial charge in [0.25, 0.3) is 0 Å². The molecule has 0 atom stereocenters. The number of fused-ring (bicyclic) bond motifs is 1. The van der Waals surface area contributed by atoms with E-state index in [-0.39, 0.29) is 0 Å². The quantitative estimate of drug-likeness (QED) is 0.510. The van der Waals surface area contributed by atoms with Crippen molar-refractivity contribution in [2.75, 3.05) is 32.1 Å². The molecule has 0 aromatic carbocycles. The molecule has 8 nitrogen and oxygen atoms in total. The summed E-state index contributed by atoms with van der Waals surface area (Å²) in [5.74, 6) is 7.73. The lowest BCUT2D eigenvalue weighted by Gasteiger charge is -2.25. The molecular formula is C17H23N7OS2. The van der Waals surface area contributed by atoms with Crippen LogP contribution in [0.1, 0.15) is 29.0 Å². The molecule has 0 bridgehead atoms. The molecule has 1 aliphatic heterocycles. The van der Waals surface area contributed by atoms with Crippen LogP contribution in [-0.2, 0) is 17.7 Å². The highest BCUT2D eigenvalue weighted by molar-refractivity contribution is 7.99. The van der Waals surface area contributed by atoms with Gasteiger partial charge in [-0.2, -0.15) is 0 Å². The van der Waals surface area contributed by atoms with Crippen molar-refractivity contribution in [2.45, 2.75) is 43.9 Å². The molecule has 4 rings (SSSR count). The molecule has 1 aliphatic rings. The van der Waals surface area contributed by atoms with Crippen molar-refractivity contribution in [3.05, 3.63) is 22.1 Å². The Morgan fingerprint density at radius 3 is 2.67 bits per heavy atom. The maximum Gasteiger partial charge on any atom is 0.216 e. The molecule has 10 heteroatoms. The van der Waals surface area contributed by atoms with Crippen LogP contribution in [0, 0.1) is 13.8 Å². The number of hydrogen-bond acceptors (Lipinski definition) is 9. The van der Waals surface area contributed by atoms with E-state index >= 15 is 0 Å². The molecule has 144 valence electrons. The van der Waals surface area contributed by atoms with Crippen LogP contribution in [0.3, 0.4) is 0 Å². The Hall–Kier alpha value is -1.75. The van der Waals surface area contributed by atoms with E-state index in [0.717, 1.165) is 66.2 Å². The van der Waals surface area contributed by atoms with Crippen LogP contribution in [0.2, 0.25) is 0 Å². The summed E-state index contributed by atoms with van der Waals surface area (Å²) in [4.78, 5) is 14.3. The van der Waals surface area contributed by atoms with Crippen LogP contribution in [-0.4, -0.2) is 56.0 Å². The third-order valence-corrected chi connectivity index (χ3v) is 6.80. The lowest BCUT2D eigenvalue weighted by molar-refractivity contribution is 0.0330. The van der Waals surface area contributed by atoms with Crippen molar-refractivity contribution >= 4 is 33.3 Å². The second-order valence-electron chi connectivity index (χ2n) is 6.52. The number of aryl methyl sites for hydroxylation is 3. The third-order valence-electron chi connectivity index (χ3n) is 4.75. The van der Waals surface area contributed by atoms with E-state index in [1.807, 2.05) is 6.92 Å². The zero-order valence-electron chi connectivity index (χ0n) is 15.7. The van der Waals surface area contributed by atoms with Gasteiger partial charge in [0.15, 0.2) is 5.82 Å². The van der Waals surface area contributed by atoms with Crippen molar-refractivity contribution in [2.24, 2.45) is 0 Å². The Morgan fingerprint density at radius 1 is 1.19 bits per heavy atom. The molecule has 0 unspecified atom stereocenters. The highest BCUT2D eigenvalue weighted by atomic mass is 32.2. The molecule has 1 fully saturated rings. The molecule has 0 spiro atoms. The topological polar surface area (TPSA) is 95.0 Å². The summed E-state index contributed by atoms with van der Waals surface area (Å²) in [5, 5.41) is 11.0. The fourth-order valence-electron chi connectivity index (χ4n) is 3.06. The molecule has 2 N–H and O–H groups in total. The average molecular weight is 406 g/mol. The summed E-state index contributed by atoms with van der Waals surface area (Å²) in [6, 6.07) is 0. The summed E-state index contributed by atoms with van der Waals surface area (Å²) < 4.78 is 6.99. The Bertz CT molecular complexity index is 962. The minimum atomic E-state index is 0.646. The molecule has 27 heavy (non-hydrogen) atoms. The highest BCUT2D eigenvalue weighted by Gasteiger charge is 2.20. The summed E-state index contributed by atoms with van der Waals surface area (Å²) in [6.07, 6.45) is 0.738.